The maximum Gasteiger partial charge on any atom is 0.150 e. The Morgan fingerprint density at radius 1 is 1.20 bits per heavy atom. The van der Waals surface area contributed by atoms with Gasteiger partial charge in [-0.15, -0.1) is 0 Å². The largest absolute Gasteiger partial charge is 0.378 e. The van der Waals surface area contributed by atoms with Crippen molar-refractivity contribution in [3.05, 3.63) is 29.8 Å². The second-order valence-corrected chi connectivity index (χ2v) is 10.6. The lowest BCUT2D eigenvalue weighted by molar-refractivity contribution is 0.112. The second kappa shape index (κ2) is 4.62. The van der Waals surface area contributed by atoms with Gasteiger partial charge in [0, 0.05) is 24.5 Å². The first-order valence-electron chi connectivity index (χ1n) is 5.19. The molecule has 15 heavy (non-hydrogen) atoms. The van der Waals surface area contributed by atoms with Crippen LogP contribution in [0.5, 0.6) is 0 Å². The molecule has 0 fully saturated rings. The van der Waals surface area contributed by atoms with Crippen molar-refractivity contribution in [2.45, 2.75) is 19.6 Å². The van der Waals surface area contributed by atoms with Crippen LogP contribution >= 0.6 is 0 Å². The van der Waals surface area contributed by atoms with Crippen LogP contribution in [0.3, 0.4) is 0 Å². The van der Waals surface area contributed by atoms with Crippen molar-refractivity contribution in [1.82, 2.24) is 0 Å². The van der Waals surface area contributed by atoms with Gasteiger partial charge < -0.3 is 4.90 Å². The van der Waals surface area contributed by atoms with Gasteiger partial charge in [-0.1, -0.05) is 19.6 Å². The minimum Gasteiger partial charge on any atom is -0.378 e. The average Bonchev–Trinajstić information content (AvgIpc) is 2.15. The third kappa shape index (κ3) is 3.87. The van der Waals surface area contributed by atoms with Gasteiger partial charge in [0.25, 0.3) is 0 Å². The Morgan fingerprint density at radius 3 is 2.13 bits per heavy atom. The van der Waals surface area contributed by atoms with Gasteiger partial charge >= 0.3 is 0 Å². The SMILES string of the molecule is CN(C[Si](C)(C)C)c1ccc(C=O)cc1. The number of aldehydes is 1. The van der Waals surface area contributed by atoms with Gasteiger partial charge in [0.1, 0.15) is 6.29 Å². The minimum absolute atomic E-state index is 0.736. The number of hydrogen-bond donors (Lipinski definition) is 0. The second-order valence-electron chi connectivity index (χ2n) is 5.13. The fraction of sp³-hybridized carbons (Fsp3) is 0.417. The fourth-order valence-corrected chi connectivity index (χ4v) is 3.22. The van der Waals surface area contributed by atoms with E-state index in [0.717, 1.165) is 18.0 Å². The Kier molecular flexibility index (Phi) is 3.69. The molecule has 3 heteroatoms. The van der Waals surface area contributed by atoms with E-state index in [1.54, 1.807) is 0 Å². The Hall–Kier alpha value is -1.09. The summed E-state index contributed by atoms with van der Waals surface area (Å²) in [4.78, 5) is 12.8. The molecule has 0 bridgehead atoms. The molecule has 0 aliphatic heterocycles. The molecule has 0 aromatic heterocycles. The van der Waals surface area contributed by atoms with Crippen LogP contribution in [-0.4, -0.2) is 27.6 Å². The van der Waals surface area contributed by atoms with Crippen LogP contribution < -0.4 is 4.90 Å². The third-order valence-corrected chi connectivity index (χ3v) is 3.60. The lowest BCUT2D eigenvalue weighted by Gasteiger charge is -2.26. The van der Waals surface area contributed by atoms with E-state index < -0.39 is 8.07 Å². The highest BCUT2D eigenvalue weighted by atomic mass is 28.3. The van der Waals surface area contributed by atoms with Gasteiger partial charge in [-0.05, 0) is 24.3 Å². The van der Waals surface area contributed by atoms with Gasteiger partial charge in [0.15, 0.2) is 0 Å². The molecule has 0 saturated carbocycles. The first-order valence-corrected chi connectivity index (χ1v) is 8.89. The van der Waals surface area contributed by atoms with E-state index in [0.29, 0.717) is 0 Å². The number of carbonyl (C=O) groups excluding carboxylic acids is 1. The summed E-state index contributed by atoms with van der Waals surface area (Å²) < 4.78 is 0. The molecule has 0 unspecified atom stereocenters. The Morgan fingerprint density at radius 2 is 1.73 bits per heavy atom. The van der Waals surface area contributed by atoms with E-state index >= 15 is 0 Å². The zero-order valence-electron chi connectivity index (χ0n) is 9.95. The molecule has 2 nitrogen and oxygen atoms in total. The predicted octanol–water partition coefficient (Wildman–Crippen LogP) is 2.81. The van der Waals surface area contributed by atoms with Gasteiger partial charge in [-0.2, -0.15) is 0 Å². The van der Waals surface area contributed by atoms with Crippen molar-refractivity contribution in [3.8, 4) is 0 Å². The minimum atomic E-state index is -1.07. The lowest BCUT2D eigenvalue weighted by Crippen LogP contribution is -2.38. The number of benzene rings is 1. The van der Waals surface area contributed by atoms with Crippen LogP contribution in [0.25, 0.3) is 0 Å². The summed E-state index contributed by atoms with van der Waals surface area (Å²) in [5.41, 5.74) is 1.92. The lowest BCUT2D eigenvalue weighted by atomic mass is 10.2. The van der Waals surface area contributed by atoms with Gasteiger partial charge in [0.05, 0.1) is 8.07 Å². The topological polar surface area (TPSA) is 20.3 Å². The van der Waals surface area contributed by atoms with Crippen LogP contribution in [-0.2, 0) is 0 Å². The zero-order chi connectivity index (χ0) is 11.5. The number of rotatable bonds is 4. The van der Waals surface area contributed by atoms with Crippen molar-refractivity contribution in [2.75, 3.05) is 18.1 Å². The van der Waals surface area contributed by atoms with E-state index in [4.69, 9.17) is 0 Å². The fourth-order valence-electron chi connectivity index (χ4n) is 1.61. The molecule has 0 aliphatic rings. The molecule has 0 spiro atoms. The summed E-state index contributed by atoms with van der Waals surface area (Å²) in [5, 5.41) is 0. The predicted molar refractivity (Wildman–Crippen MR) is 68.4 cm³/mol. The Labute approximate surface area is 92.9 Å². The monoisotopic (exact) mass is 221 g/mol. The summed E-state index contributed by atoms with van der Waals surface area (Å²) in [7, 11) is 1.04. The van der Waals surface area contributed by atoms with Crippen molar-refractivity contribution in [2.24, 2.45) is 0 Å². The molecule has 0 amide bonds. The zero-order valence-corrected chi connectivity index (χ0v) is 10.9. The molecule has 0 N–H and O–H groups in total. The quantitative estimate of drug-likeness (QED) is 0.575. The highest BCUT2D eigenvalue weighted by Gasteiger charge is 2.16. The molecule has 0 saturated heterocycles. The summed E-state index contributed by atoms with van der Waals surface area (Å²) >= 11 is 0. The van der Waals surface area contributed by atoms with Crippen LogP contribution in [0.1, 0.15) is 10.4 Å². The summed E-state index contributed by atoms with van der Waals surface area (Å²) in [5.74, 6) is 0. The molecule has 1 rings (SSSR count). The molecule has 0 heterocycles. The molecular formula is C12H19NOSi. The van der Waals surface area contributed by atoms with Crippen LogP contribution in [0, 0.1) is 0 Å². The van der Waals surface area contributed by atoms with Crippen LogP contribution in [0.4, 0.5) is 5.69 Å². The molecule has 0 atom stereocenters. The van der Waals surface area contributed by atoms with Gasteiger partial charge in [-0.25, -0.2) is 0 Å². The van der Waals surface area contributed by atoms with Crippen LogP contribution in [0.15, 0.2) is 24.3 Å². The van der Waals surface area contributed by atoms with Crippen LogP contribution in [0.2, 0.25) is 19.6 Å². The molecular weight excluding hydrogens is 202 g/mol. The number of hydrogen-bond acceptors (Lipinski definition) is 2. The maximum absolute atomic E-state index is 10.5. The summed E-state index contributed by atoms with van der Waals surface area (Å²) in [6.07, 6.45) is 2.01. The number of nitrogens with zero attached hydrogens (tertiary/aromatic N) is 1. The van der Waals surface area contributed by atoms with E-state index in [-0.39, 0.29) is 0 Å². The van der Waals surface area contributed by atoms with Crippen molar-refractivity contribution in [1.29, 1.82) is 0 Å². The van der Waals surface area contributed by atoms with E-state index in [2.05, 4.69) is 31.6 Å². The van der Waals surface area contributed by atoms with Crippen molar-refractivity contribution in [3.63, 3.8) is 0 Å². The van der Waals surface area contributed by atoms with E-state index in [9.17, 15) is 4.79 Å². The number of anilines is 1. The first-order chi connectivity index (χ1) is 6.92. The van der Waals surface area contributed by atoms with E-state index in [1.807, 2.05) is 24.3 Å². The summed E-state index contributed by atoms with van der Waals surface area (Å²) in [6, 6.07) is 7.74. The third-order valence-electron chi connectivity index (χ3n) is 2.18. The molecule has 1 aromatic rings. The maximum atomic E-state index is 10.5. The Balaban J connectivity index is 2.74. The van der Waals surface area contributed by atoms with E-state index in [1.165, 1.54) is 5.69 Å². The molecule has 0 radical (unpaired) electrons. The molecule has 82 valence electrons. The van der Waals surface area contributed by atoms with Gasteiger partial charge in [0.2, 0.25) is 0 Å². The standard InChI is InChI=1S/C12H19NOSi/c1-13(10-15(2,3)4)12-7-5-11(9-14)6-8-12/h5-9H,10H2,1-4H3. The summed E-state index contributed by atoms with van der Waals surface area (Å²) in [6.45, 7) is 7.05. The first kappa shape index (κ1) is 12.0. The highest BCUT2D eigenvalue weighted by molar-refractivity contribution is 6.76. The Bertz CT molecular complexity index is 326. The highest BCUT2D eigenvalue weighted by Crippen LogP contribution is 2.15. The molecule has 0 aliphatic carbocycles. The molecule has 1 aromatic carbocycles. The number of carbonyl (C=O) groups is 1. The normalized spacial score (nSPS) is 11.2. The smallest absolute Gasteiger partial charge is 0.150 e. The van der Waals surface area contributed by atoms with Crippen molar-refractivity contribution < 1.29 is 4.79 Å². The van der Waals surface area contributed by atoms with Crippen molar-refractivity contribution >= 4 is 20.0 Å². The average molecular weight is 221 g/mol. The van der Waals surface area contributed by atoms with Gasteiger partial charge in [-0.3, -0.25) is 4.79 Å².